The Bertz CT molecular complexity index is 216. The summed E-state index contributed by atoms with van der Waals surface area (Å²) in [4.78, 5) is 0. The van der Waals surface area contributed by atoms with Gasteiger partial charge in [-0.1, -0.05) is 46.1 Å². The second-order valence-corrected chi connectivity index (χ2v) is 16.0. The van der Waals surface area contributed by atoms with Gasteiger partial charge in [0.05, 0.1) is 14.2 Å². The smallest absolute Gasteiger partial charge is 0.0581 e. The molecule has 1 saturated heterocycles. The first-order valence-electron chi connectivity index (χ1n) is 6.98. The summed E-state index contributed by atoms with van der Waals surface area (Å²) in [6.45, 7) is 16.2. The van der Waals surface area contributed by atoms with Crippen molar-refractivity contribution in [2.45, 2.75) is 76.1 Å². The van der Waals surface area contributed by atoms with Gasteiger partial charge in [0.1, 0.15) is 0 Å². The molecule has 1 fully saturated rings. The molecular weight excluding hydrogens is 228 g/mol. The molecule has 0 radical (unpaired) electrons. The van der Waals surface area contributed by atoms with Crippen LogP contribution in [0.15, 0.2) is 0 Å². The largest absolute Gasteiger partial charge is 0.378 e. The first-order valence-corrected chi connectivity index (χ1v) is 13.4. The third-order valence-electron chi connectivity index (χ3n) is 4.77. The quantitative estimate of drug-likeness (QED) is 0.691. The Hall–Kier alpha value is 0.394. The van der Waals surface area contributed by atoms with E-state index < -0.39 is 16.9 Å². The van der Waals surface area contributed by atoms with Crippen molar-refractivity contribution in [3.8, 4) is 0 Å². The molecule has 1 heterocycles. The van der Waals surface area contributed by atoms with Gasteiger partial charge in [-0.3, -0.25) is 0 Å². The van der Waals surface area contributed by atoms with E-state index in [1.54, 1.807) is 0 Å². The van der Waals surface area contributed by atoms with Gasteiger partial charge in [0.25, 0.3) is 0 Å². The summed E-state index contributed by atoms with van der Waals surface area (Å²) in [6.07, 6.45) is 5.92. The molecule has 1 rings (SSSR count). The summed E-state index contributed by atoms with van der Waals surface area (Å²) < 4.78 is 6.80. The zero-order chi connectivity index (χ0) is 12.4. The summed E-state index contributed by atoms with van der Waals surface area (Å²) in [7, 11) is -1.83. The fourth-order valence-electron chi connectivity index (χ4n) is 4.03. The van der Waals surface area contributed by atoms with Crippen molar-refractivity contribution in [1.82, 2.24) is 0 Å². The molecule has 0 N–H and O–H groups in total. The van der Waals surface area contributed by atoms with E-state index >= 15 is 0 Å². The molecule has 1 nitrogen and oxygen atoms in total. The van der Waals surface area contributed by atoms with Gasteiger partial charge < -0.3 is 4.74 Å². The lowest BCUT2D eigenvalue weighted by molar-refractivity contribution is -0.000653. The summed E-state index contributed by atoms with van der Waals surface area (Å²) in [5.74, 6) is 0. The Kier molecular flexibility index (Phi) is 4.84. The molecule has 0 saturated carbocycles. The van der Waals surface area contributed by atoms with Crippen molar-refractivity contribution in [1.29, 1.82) is 0 Å². The van der Waals surface area contributed by atoms with E-state index in [9.17, 15) is 0 Å². The minimum Gasteiger partial charge on any atom is -0.378 e. The van der Waals surface area contributed by atoms with E-state index in [1.807, 2.05) is 0 Å². The van der Waals surface area contributed by atoms with Crippen LogP contribution in [0.5, 0.6) is 0 Å². The Morgan fingerprint density at radius 3 is 2.19 bits per heavy atom. The molecule has 0 aliphatic carbocycles. The van der Waals surface area contributed by atoms with Gasteiger partial charge in [0.2, 0.25) is 0 Å². The first-order chi connectivity index (χ1) is 7.36. The van der Waals surface area contributed by atoms with Gasteiger partial charge >= 0.3 is 0 Å². The molecule has 0 bridgehead atoms. The van der Waals surface area contributed by atoms with Crippen molar-refractivity contribution in [3.63, 3.8) is 0 Å². The predicted molar refractivity (Wildman–Crippen MR) is 78.8 cm³/mol. The first kappa shape index (κ1) is 14.5. The van der Waals surface area contributed by atoms with Crippen LogP contribution in [0.2, 0.25) is 37.4 Å². The van der Waals surface area contributed by atoms with Crippen molar-refractivity contribution in [2.24, 2.45) is 0 Å². The predicted octanol–water partition coefficient (Wildman–Crippen LogP) is 4.07. The van der Waals surface area contributed by atoms with Crippen LogP contribution < -0.4 is 0 Å². The lowest BCUT2D eigenvalue weighted by Gasteiger charge is -2.52. The van der Waals surface area contributed by atoms with Crippen molar-refractivity contribution in [2.75, 3.05) is 6.61 Å². The number of hydrogen-bond donors (Lipinski definition) is 0. The van der Waals surface area contributed by atoms with E-state index in [0.29, 0.717) is 10.8 Å². The SMILES string of the molecule is CCC(C1CCCCO1)([SiH](C)C)[Si](C)(C)C. The highest BCUT2D eigenvalue weighted by Gasteiger charge is 2.51. The zero-order valence-corrected chi connectivity index (χ0v) is 14.3. The lowest BCUT2D eigenvalue weighted by atomic mass is 10.0. The van der Waals surface area contributed by atoms with Gasteiger partial charge in [-0.05, 0) is 23.9 Å². The average Bonchev–Trinajstić information content (AvgIpc) is 2.18. The normalized spacial score (nSPS) is 26.8. The molecule has 0 aromatic rings. The molecule has 2 unspecified atom stereocenters. The maximum atomic E-state index is 6.19. The van der Waals surface area contributed by atoms with E-state index in [0.717, 1.165) is 6.61 Å². The van der Waals surface area contributed by atoms with Crippen LogP contribution in [-0.2, 0) is 4.74 Å². The third kappa shape index (κ3) is 2.46. The van der Waals surface area contributed by atoms with E-state index in [2.05, 4.69) is 39.7 Å². The second kappa shape index (κ2) is 5.36. The summed E-state index contributed by atoms with van der Waals surface area (Å²) >= 11 is 0. The van der Waals surface area contributed by atoms with Gasteiger partial charge in [-0.25, -0.2) is 0 Å². The van der Waals surface area contributed by atoms with Crippen LogP contribution in [0.4, 0.5) is 0 Å². The van der Waals surface area contributed by atoms with Crippen molar-refractivity contribution in [3.05, 3.63) is 0 Å². The minimum absolute atomic E-state index is 0.588. The summed E-state index contributed by atoms with van der Waals surface area (Å²) in [5, 5.41) is 0. The number of rotatable bonds is 4. The van der Waals surface area contributed by atoms with Crippen LogP contribution in [0.1, 0.15) is 32.6 Å². The van der Waals surface area contributed by atoms with E-state index in [-0.39, 0.29) is 0 Å². The molecule has 0 amide bonds. The standard InChI is InChI=1S/C13H30OSi2/c1-7-13(15(2)3,16(4,5)6)12-10-8-9-11-14-12/h12,15H,7-11H2,1-6H3. The molecule has 16 heavy (non-hydrogen) atoms. The minimum atomic E-state index is -1.15. The summed E-state index contributed by atoms with van der Waals surface area (Å²) in [6, 6.07) is 0. The van der Waals surface area contributed by atoms with Gasteiger partial charge in [0, 0.05) is 15.4 Å². The van der Waals surface area contributed by atoms with Crippen LogP contribution in [0.3, 0.4) is 0 Å². The highest BCUT2D eigenvalue weighted by atomic mass is 28.4. The van der Waals surface area contributed by atoms with Crippen LogP contribution in [0, 0.1) is 0 Å². The monoisotopic (exact) mass is 258 g/mol. The fraction of sp³-hybridized carbons (Fsp3) is 1.00. The molecule has 96 valence electrons. The molecule has 1 aliphatic rings. The third-order valence-corrected chi connectivity index (χ3v) is 15.4. The molecule has 0 spiro atoms. The Balaban J connectivity index is 3.01. The van der Waals surface area contributed by atoms with Crippen LogP contribution in [-0.4, -0.2) is 29.6 Å². The number of ether oxygens (including phenoxy) is 1. The average molecular weight is 259 g/mol. The van der Waals surface area contributed by atoms with Crippen molar-refractivity contribution < 1.29 is 4.74 Å². The van der Waals surface area contributed by atoms with Gasteiger partial charge in [-0.15, -0.1) is 0 Å². The Labute approximate surface area is 105 Å². The lowest BCUT2D eigenvalue weighted by Crippen LogP contribution is -2.55. The highest BCUT2D eigenvalue weighted by molar-refractivity contribution is 6.91. The summed E-state index contributed by atoms with van der Waals surface area (Å²) in [5.41, 5.74) is 0. The van der Waals surface area contributed by atoms with Crippen LogP contribution >= 0.6 is 0 Å². The molecule has 0 aromatic carbocycles. The topological polar surface area (TPSA) is 9.23 Å². The molecular formula is C13H30OSi2. The van der Waals surface area contributed by atoms with E-state index in [1.165, 1.54) is 25.7 Å². The molecule has 2 atom stereocenters. The maximum Gasteiger partial charge on any atom is 0.0581 e. The molecule has 3 heteroatoms. The highest BCUT2D eigenvalue weighted by Crippen LogP contribution is 2.50. The fourth-order valence-corrected chi connectivity index (χ4v) is 15.0. The Morgan fingerprint density at radius 2 is 1.88 bits per heavy atom. The van der Waals surface area contributed by atoms with Gasteiger partial charge in [0.15, 0.2) is 0 Å². The second-order valence-electron chi connectivity index (χ2n) is 6.65. The van der Waals surface area contributed by atoms with Crippen molar-refractivity contribution >= 4 is 16.9 Å². The number of hydrogen-bond acceptors (Lipinski definition) is 1. The molecule has 1 aliphatic heterocycles. The van der Waals surface area contributed by atoms with E-state index in [4.69, 9.17) is 4.74 Å². The molecule has 0 aromatic heterocycles. The Morgan fingerprint density at radius 1 is 1.25 bits per heavy atom. The maximum absolute atomic E-state index is 6.19. The van der Waals surface area contributed by atoms with Crippen LogP contribution in [0.25, 0.3) is 0 Å². The van der Waals surface area contributed by atoms with Gasteiger partial charge in [-0.2, -0.15) is 0 Å². The zero-order valence-electron chi connectivity index (χ0n) is 12.1.